The molecule has 1 saturated heterocycles. The fourth-order valence-corrected chi connectivity index (χ4v) is 2.56. The first-order valence-corrected chi connectivity index (χ1v) is 6.07. The lowest BCUT2D eigenvalue weighted by Gasteiger charge is -2.47. The predicted molar refractivity (Wildman–Crippen MR) is 61.8 cm³/mol. The number of aromatic nitrogens is 1. The smallest absolute Gasteiger partial charge is 0.130 e. The van der Waals surface area contributed by atoms with Crippen LogP contribution in [0, 0.1) is 5.92 Å². The fourth-order valence-electron chi connectivity index (χ4n) is 2.23. The topological polar surface area (TPSA) is 36.4 Å². The first kappa shape index (κ1) is 9.60. The molecule has 1 aromatic rings. The molecular formula is C11H13BrN2O. The number of rotatable bonds is 2. The number of halogens is 1. The Kier molecular flexibility index (Phi) is 2.04. The molecule has 4 heteroatoms. The molecule has 0 radical (unpaired) electrons. The molecule has 1 aliphatic heterocycles. The average molecular weight is 269 g/mol. The molecule has 1 aromatic heterocycles. The van der Waals surface area contributed by atoms with Crippen LogP contribution < -0.4 is 4.90 Å². The average Bonchev–Trinajstić information content (AvgIpc) is 2.96. The fraction of sp³-hybridized carbons (Fsp3) is 0.545. The third kappa shape index (κ3) is 1.66. The second-order valence-electron chi connectivity index (χ2n) is 4.55. The highest BCUT2D eigenvalue weighted by atomic mass is 79.9. The zero-order valence-corrected chi connectivity index (χ0v) is 9.94. The molecule has 3 rings (SSSR count). The predicted octanol–water partition coefficient (Wildman–Crippen LogP) is 1.81. The number of pyridine rings is 1. The molecule has 0 atom stereocenters. The molecule has 1 saturated carbocycles. The number of anilines is 1. The van der Waals surface area contributed by atoms with Crippen LogP contribution in [0.4, 0.5) is 5.82 Å². The van der Waals surface area contributed by atoms with E-state index in [1.807, 2.05) is 18.2 Å². The third-order valence-electron chi connectivity index (χ3n) is 3.29. The third-order valence-corrected chi connectivity index (χ3v) is 3.73. The van der Waals surface area contributed by atoms with Crippen molar-refractivity contribution in [3.05, 3.63) is 22.8 Å². The molecule has 15 heavy (non-hydrogen) atoms. The molecule has 0 aromatic carbocycles. The van der Waals surface area contributed by atoms with Gasteiger partial charge in [-0.1, -0.05) is 6.07 Å². The van der Waals surface area contributed by atoms with Crippen LogP contribution in [0.15, 0.2) is 22.8 Å². The first-order valence-electron chi connectivity index (χ1n) is 5.27. The van der Waals surface area contributed by atoms with Crippen molar-refractivity contribution in [3.63, 3.8) is 0 Å². The van der Waals surface area contributed by atoms with Gasteiger partial charge in [-0.15, -0.1) is 0 Å². The van der Waals surface area contributed by atoms with Crippen LogP contribution in [0.2, 0.25) is 0 Å². The van der Waals surface area contributed by atoms with Crippen LogP contribution >= 0.6 is 15.9 Å². The highest BCUT2D eigenvalue weighted by molar-refractivity contribution is 9.10. The summed E-state index contributed by atoms with van der Waals surface area (Å²) in [6.07, 6.45) is 2.38. The molecule has 0 bridgehead atoms. The van der Waals surface area contributed by atoms with Gasteiger partial charge in [-0.25, -0.2) is 4.98 Å². The Balaban J connectivity index is 1.71. The molecule has 80 valence electrons. The number of hydrogen-bond donors (Lipinski definition) is 1. The number of β-amino-alcohol motifs (C(OH)–C–C–N with tert-alkyl or cyclic N) is 1. The van der Waals surface area contributed by atoms with Gasteiger partial charge in [0.1, 0.15) is 16.0 Å². The SMILES string of the molecule is OC1(C2CC2)CN(c2cccc(Br)n2)C1. The molecule has 3 nitrogen and oxygen atoms in total. The van der Waals surface area contributed by atoms with Crippen molar-refractivity contribution in [2.24, 2.45) is 5.92 Å². The zero-order chi connectivity index (χ0) is 10.5. The molecule has 2 aliphatic rings. The van der Waals surface area contributed by atoms with E-state index in [1.54, 1.807) is 0 Å². The Hall–Kier alpha value is -0.610. The van der Waals surface area contributed by atoms with Gasteiger partial charge < -0.3 is 10.0 Å². The highest BCUT2D eigenvalue weighted by Crippen LogP contribution is 2.45. The summed E-state index contributed by atoms with van der Waals surface area (Å²) in [5.74, 6) is 1.50. The minimum Gasteiger partial charge on any atom is -0.386 e. The Morgan fingerprint density at radius 1 is 1.40 bits per heavy atom. The van der Waals surface area contributed by atoms with Gasteiger partial charge in [0.05, 0.1) is 13.1 Å². The summed E-state index contributed by atoms with van der Waals surface area (Å²) in [7, 11) is 0. The summed E-state index contributed by atoms with van der Waals surface area (Å²) in [4.78, 5) is 6.50. The molecule has 0 amide bonds. The van der Waals surface area contributed by atoms with E-state index < -0.39 is 5.60 Å². The van der Waals surface area contributed by atoms with Crippen LogP contribution in [0.5, 0.6) is 0 Å². The number of nitrogens with zero attached hydrogens (tertiary/aromatic N) is 2. The normalized spacial score (nSPS) is 23.7. The van der Waals surface area contributed by atoms with Gasteiger partial charge in [-0.2, -0.15) is 0 Å². The van der Waals surface area contributed by atoms with Gasteiger partial charge in [0.2, 0.25) is 0 Å². The first-order chi connectivity index (χ1) is 7.17. The van der Waals surface area contributed by atoms with Crippen molar-refractivity contribution >= 4 is 21.7 Å². The van der Waals surface area contributed by atoms with Gasteiger partial charge in [0.15, 0.2) is 0 Å². The molecule has 2 heterocycles. The summed E-state index contributed by atoms with van der Waals surface area (Å²) < 4.78 is 0.849. The maximum Gasteiger partial charge on any atom is 0.130 e. The van der Waals surface area contributed by atoms with Crippen molar-refractivity contribution in [2.75, 3.05) is 18.0 Å². The lowest BCUT2D eigenvalue weighted by atomic mass is 9.89. The lowest BCUT2D eigenvalue weighted by Crippen LogP contribution is -2.63. The van der Waals surface area contributed by atoms with Gasteiger partial charge in [-0.05, 0) is 46.8 Å². The molecule has 2 fully saturated rings. The van der Waals surface area contributed by atoms with Gasteiger partial charge in [0.25, 0.3) is 0 Å². The van der Waals surface area contributed by atoms with E-state index in [-0.39, 0.29) is 0 Å². The zero-order valence-electron chi connectivity index (χ0n) is 8.36. The Labute approximate surface area is 97.3 Å². The van der Waals surface area contributed by atoms with E-state index in [0.717, 1.165) is 23.5 Å². The van der Waals surface area contributed by atoms with Crippen molar-refractivity contribution in [3.8, 4) is 0 Å². The summed E-state index contributed by atoms with van der Waals surface area (Å²) in [5, 5.41) is 10.2. The van der Waals surface area contributed by atoms with Crippen molar-refractivity contribution in [2.45, 2.75) is 18.4 Å². The Morgan fingerprint density at radius 3 is 2.73 bits per heavy atom. The largest absolute Gasteiger partial charge is 0.386 e. The second kappa shape index (κ2) is 3.19. The molecule has 0 spiro atoms. The number of aliphatic hydroxyl groups is 1. The summed E-state index contributed by atoms with van der Waals surface area (Å²) >= 11 is 3.35. The van der Waals surface area contributed by atoms with Crippen LogP contribution in [0.25, 0.3) is 0 Å². The summed E-state index contributed by atoms with van der Waals surface area (Å²) in [5.41, 5.74) is -0.427. The van der Waals surface area contributed by atoms with Crippen molar-refractivity contribution in [1.29, 1.82) is 0 Å². The molecule has 0 unspecified atom stereocenters. The van der Waals surface area contributed by atoms with Crippen LogP contribution in [-0.4, -0.2) is 28.8 Å². The van der Waals surface area contributed by atoms with E-state index in [1.165, 1.54) is 12.8 Å². The van der Waals surface area contributed by atoms with Crippen molar-refractivity contribution in [1.82, 2.24) is 4.98 Å². The van der Waals surface area contributed by atoms with E-state index in [0.29, 0.717) is 5.92 Å². The van der Waals surface area contributed by atoms with E-state index in [4.69, 9.17) is 0 Å². The van der Waals surface area contributed by atoms with Crippen LogP contribution in [0.3, 0.4) is 0 Å². The second-order valence-corrected chi connectivity index (χ2v) is 5.36. The Morgan fingerprint density at radius 2 is 2.13 bits per heavy atom. The standard InChI is InChI=1S/C11H13BrN2O/c12-9-2-1-3-10(13-9)14-6-11(15,7-14)8-4-5-8/h1-3,8,15H,4-7H2. The Bertz CT molecular complexity index is 386. The highest BCUT2D eigenvalue weighted by Gasteiger charge is 2.52. The maximum absolute atomic E-state index is 10.2. The van der Waals surface area contributed by atoms with Gasteiger partial charge >= 0.3 is 0 Å². The minimum absolute atomic E-state index is 0.427. The molecule has 1 N–H and O–H groups in total. The van der Waals surface area contributed by atoms with E-state index in [2.05, 4.69) is 25.8 Å². The van der Waals surface area contributed by atoms with E-state index >= 15 is 0 Å². The monoisotopic (exact) mass is 268 g/mol. The van der Waals surface area contributed by atoms with Gasteiger partial charge in [0, 0.05) is 0 Å². The quantitative estimate of drug-likeness (QED) is 0.832. The van der Waals surface area contributed by atoms with Crippen LogP contribution in [-0.2, 0) is 0 Å². The van der Waals surface area contributed by atoms with E-state index in [9.17, 15) is 5.11 Å². The van der Waals surface area contributed by atoms with Crippen LogP contribution in [0.1, 0.15) is 12.8 Å². The summed E-state index contributed by atoms with van der Waals surface area (Å²) in [6.45, 7) is 1.47. The molecule has 1 aliphatic carbocycles. The minimum atomic E-state index is -0.427. The maximum atomic E-state index is 10.2. The molecular weight excluding hydrogens is 256 g/mol. The van der Waals surface area contributed by atoms with Crippen molar-refractivity contribution < 1.29 is 5.11 Å². The number of hydrogen-bond acceptors (Lipinski definition) is 3. The summed E-state index contributed by atoms with van der Waals surface area (Å²) in [6, 6.07) is 5.87. The lowest BCUT2D eigenvalue weighted by molar-refractivity contribution is -0.00975. The van der Waals surface area contributed by atoms with Gasteiger partial charge in [-0.3, -0.25) is 0 Å².